The quantitative estimate of drug-likeness (QED) is 0.675. The summed E-state index contributed by atoms with van der Waals surface area (Å²) in [7, 11) is 1.58. The van der Waals surface area contributed by atoms with E-state index in [1.807, 2.05) is 32.0 Å². The summed E-state index contributed by atoms with van der Waals surface area (Å²) in [4.78, 5) is 21.5. The number of rotatable bonds is 6. The second-order valence-corrected chi connectivity index (χ2v) is 7.41. The number of carbonyl (C=O) groups excluding carboxylic acids is 1. The average molecular weight is 381 g/mol. The molecule has 0 radical (unpaired) electrons. The van der Waals surface area contributed by atoms with Gasteiger partial charge >= 0.3 is 0 Å². The highest BCUT2D eigenvalue weighted by atomic mass is 16.5. The van der Waals surface area contributed by atoms with Gasteiger partial charge in [0.25, 0.3) is 5.91 Å². The van der Waals surface area contributed by atoms with E-state index in [0.29, 0.717) is 30.8 Å². The molecule has 3 aromatic rings. The lowest BCUT2D eigenvalue weighted by atomic mass is 10.2. The minimum atomic E-state index is -0.765. The number of methoxy groups -OCH3 is 1. The van der Waals surface area contributed by atoms with Crippen LogP contribution >= 0.6 is 0 Å². The van der Waals surface area contributed by atoms with E-state index in [2.05, 4.69) is 20.4 Å². The fourth-order valence-corrected chi connectivity index (χ4v) is 3.10. The third kappa shape index (κ3) is 3.55. The molecule has 1 saturated carbocycles. The maximum Gasteiger partial charge on any atom is 0.274 e. The Morgan fingerprint density at radius 2 is 2.14 bits per heavy atom. The number of aliphatic hydroxyl groups is 1. The van der Waals surface area contributed by atoms with Gasteiger partial charge in [-0.05, 0) is 50.5 Å². The Hall–Kier alpha value is -3.00. The van der Waals surface area contributed by atoms with Gasteiger partial charge < -0.3 is 15.2 Å². The number of nitrogens with zero attached hydrogens (tertiary/aromatic N) is 4. The second-order valence-electron chi connectivity index (χ2n) is 7.41. The Morgan fingerprint density at radius 1 is 1.36 bits per heavy atom. The number of hydrogen-bond donors (Lipinski definition) is 2. The van der Waals surface area contributed by atoms with Crippen LogP contribution in [0.5, 0.6) is 5.88 Å². The molecular formula is C20H23N5O3. The lowest BCUT2D eigenvalue weighted by Gasteiger charge is -2.09. The summed E-state index contributed by atoms with van der Waals surface area (Å²) in [6.45, 7) is 4.47. The highest BCUT2D eigenvalue weighted by Crippen LogP contribution is 2.34. The summed E-state index contributed by atoms with van der Waals surface area (Å²) < 4.78 is 7.14. The number of fused-ring (bicyclic) bond motifs is 1. The second kappa shape index (κ2) is 6.87. The van der Waals surface area contributed by atoms with Gasteiger partial charge in [0.15, 0.2) is 5.69 Å². The average Bonchev–Trinajstić information content (AvgIpc) is 3.32. The van der Waals surface area contributed by atoms with Gasteiger partial charge in [-0.2, -0.15) is 5.10 Å². The minimum Gasteiger partial charge on any atom is -0.481 e. The number of hydrogen-bond acceptors (Lipinski definition) is 6. The van der Waals surface area contributed by atoms with Crippen LogP contribution in [0.3, 0.4) is 0 Å². The molecule has 1 fully saturated rings. The summed E-state index contributed by atoms with van der Waals surface area (Å²) in [6, 6.07) is 5.81. The van der Waals surface area contributed by atoms with Crippen molar-refractivity contribution in [1.29, 1.82) is 0 Å². The zero-order chi connectivity index (χ0) is 19.9. The molecule has 4 rings (SSSR count). The van der Waals surface area contributed by atoms with Crippen molar-refractivity contribution in [3.63, 3.8) is 0 Å². The number of amides is 1. The molecule has 1 amide bonds. The van der Waals surface area contributed by atoms with Crippen LogP contribution in [0.2, 0.25) is 0 Å². The van der Waals surface area contributed by atoms with Crippen LogP contribution in [0, 0.1) is 13.8 Å². The summed E-state index contributed by atoms with van der Waals surface area (Å²) in [5.74, 6) is 0.195. The topological polar surface area (TPSA) is 102 Å². The first-order chi connectivity index (χ1) is 13.4. The van der Waals surface area contributed by atoms with Crippen molar-refractivity contribution in [3.8, 4) is 5.88 Å². The Balaban J connectivity index is 1.70. The Labute approximate surface area is 162 Å². The molecule has 3 heterocycles. The van der Waals surface area contributed by atoms with Gasteiger partial charge in [-0.25, -0.2) is 4.98 Å². The highest BCUT2D eigenvalue weighted by molar-refractivity contribution is 6.03. The first-order valence-corrected chi connectivity index (χ1v) is 9.23. The first-order valence-electron chi connectivity index (χ1n) is 9.23. The van der Waals surface area contributed by atoms with E-state index in [1.54, 1.807) is 18.0 Å². The Bertz CT molecular complexity index is 1060. The van der Waals surface area contributed by atoms with Gasteiger partial charge in [-0.1, -0.05) is 0 Å². The van der Waals surface area contributed by atoms with Crippen LogP contribution in [0.4, 0.5) is 0 Å². The molecule has 0 aliphatic heterocycles. The molecule has 0 aromatic carbocycles. The molecule has 0 atom stereocenters. The van der Waals surface area contributed by atoms with Gasteiger partial charge in [-0.15, -0.1) is 0 Å². The number of pyridine rings is 2. The Kier molecular flexibility index (Phi) is 4.50. The lowest BCUT2D eigenvalue weighted by Crippen LogP contribution is -2.33. The molecule has 1 aliphatic carbocycles. The molecule has 28 heavy (non-hydrogen) atoms. The predicted octanol–water partition coefficient (Wildman–Crippen LogP) is 1.75. The van der Waals surface area contributed by atoms with Crippen LogP contribution in [-0.2, 0) is 6.54 Å². The molecule has 0 spiro atoms. The highest BCUT2D eigenvalue weighted by Gasteiger charge is 2.40. The van der Waals surface area contributed by atoms with Gasteiger partial charge in [0.05, 0.1) is 24.8 Å². The number of carbonyl (C=O) groups is 1. The normalized spacial score (nSPS) is 14.9. The lowest BCUT2D eigenvalue weighted by molar-refractivity contribution is 0.0892. The number of aryl methyl sites for hydroxylation is 2. The number of aromatic nitrogens is 4. The third-order valence-electron chi connectivity index (χ3n) is 4.94. The maximum atomic E-state index is 12.7. The van der Waals surface area contributed by atoms with Crippen LogP contribution in [0.25, 0.3) is 11.0 Å². The predicted molar refractivity (Wildman–Crippen MR) is 103 cm³/mol. The fraction of sp³-hybridized carbons (Fsp3) is 0.400. The van der Waals surface area contributed by atoms with E-state index in [-0.39, 0.29) is 18.1 Å². The van der Waals surface area contributed by atoms with Crippen LogP contribution in [0.1, 0.15) is 40.2 Å². The van der Waals surface area contributed by atoms with E-state index >= 15 is 0 Å². The standard InChI is InChI=1S/C20H23N5O3/c1-12-8-15-16(21-9-12)17(18(26)22-11-20(27)6-7-20)24-25(15)10-14-5-4-13(2)23-19(14)28-3/h4-5,8-9,27H,6-7,10-11H2,1-3H3,(H,22,26). The Morgan fingerprint density at radius 3 is 2.86 bits per heavy atom. The van der Waals surface area contributed by atoms with Gasteiger partial charge in [0, 0.05) is 24.0 Å². The number of ether oxygens (including phenoxy) is 1. The van der Waals surface area contributed by atoms with E-state index in [1.165, 1.54) is 0 Å². The van der Waals surface area contributed by atoms with Crippen molar-refractivity contribution in [2.45, 2.75) is 38.8 Å². The van der Waals surface area contributed by atoms with E-state index in [9.17, 15) is 9.90 Å². The van der Waals surface area contributed by atoms with Crippen molar-refractivity contribution in [2.24, 2.45) is 0 Å². The molecule has 0 bridgehead atoms. The fourth-order valence-electron chi connectivity index (χ4n) is 3.10. The monoisotopic (exact) mass is 381 g/mol. The molecule has 3 aromatic heterocycles. The zero-order valence-electron chi connectivity index (χ0n) is 16.2. The van der Waals surface area contributed by atoms with E-state index in [4.69, 9.17) is 4.74 Å². The SMILES string of the molecule is COc1nc(C)ccc1Cn1nc(C(=O)NCC2(O)CC2)c2ncc(C)cc21. The number of nitrogens with one attached hydrogen (secondary N) is 1. The molecular weight excluding hydrogens is 358 g/mol. The van der Waals surface area contributed by atoms with Crippen LogP contribution < -0.4 is 10.1 Å². The molecule has 0 saturated heterocycles. The van der Waals surface area contributed by atoms with Crippen molar-refractivity contribution in [2.75, 3.05) is 13.7 Å². The summed E-state index contributed by atoms with van der Waals surface area (Å²) >= 11 is 0. The van der Waals surface area contributed by atoms with Gasteiger partial charge in [-0.3, -0.25) is 14.5 Å². The smallest absolute Gasteiger partial charge is 0.274 e. The van der Waals surface area contributed by atoms with E-state index < -0.39 is 5.60 Å². The minimum absolute atomic E-state index is 0.224. The zero-order valence-corrected chi connectivity index (χ0v) is 16.2. The van der Waals surface area contributed by atoms with Crippen molar-refractivity contribution < 1.29 is 14.6 Å². The molecule has 2 N–H and O–H groups in total. The molecule has 146 valence electrons. The summed E-state index contributed by atoms with van der Waals surface area (Å²) in [6.07, 6.45) is 3.13. The van der Waals surface area contributed by atoms with Crippen LogP contribution in [0.15, 0.2) is 24.4 Å². The maximum absolute atomic E-state index is 12.7. The molecule has 1 aliphatic rings. The summed E-state index contributed by atoms with van der Waals surface area (Å²) in [5, 5.41) is 17.3. The van der Waals surface area contributed by atoms with Gasteiger partial charge in [0.2, 0.25) is 5.88 Å². The van der Waals surface area contributed by atoms with Crippen molar-refractivity contribution >= 4 is 16.9 Å². The first kappa shape index (κ1) is 18.4. The molecule has 0 unspecified atom stereocenters. The van der Waals surface area contributed by atoms with Gasteiger partial charge in [0.1, 0.15) is 5.52 Å². The molecule has 8 nitrogen and oxygen atoms in total. The third-order valence-corrected chi connectivity index (χ3v) is 4.94. The summed E-state index contributed by atoms with van der Waals surface area (Å²) in [5.41, 5.74) is 3.47. The molecule has 8 heteroatoms. The van der Waals surface area contributed by atoms with E-state index in [0.717, 1.165) is 22.3 Å². The largest absolute Gasteiger partial charge is 0.481 e. The van der Waals surface area contributed by atoms with Crippen molar-refractivity contribution in [1.82, 2.24) is 25.1 Å². The van der Waals surface area contributed by atoms with Crippen molar-refractivity contribution in [3.05, 3.63) is 46.9 Å². The van der Waals surface area contributed by atoms with Crippen LogP contribution in [-0.4, -0.2) is 50.0 Å².